The number of carbonyl (C=O) groups excluding carboxylic acids is 3. The number of phenols is 1. The van der Waals surface area contributed by atoms with Crippen LogP contribution in [0.15, 0.2) is 42.5 Å². The number of aryl methyl sites for hydroxylation is 2. The van der Waals surface area contributed by atoms with Gasteiger partial charge in [-0.2, -0.15) is 0 Å². The highest BCUT2D eigenvalue weighted by Crippen LogP contribution is 2.30. The molecule has 4 rings (SSSR count). The van der Waals surface area contributed by atoms with Crippen LogP contribution in [-0.2, 0) is 22.4 Å². The van der Waals surface area contributed by atoms with Gasteiger partial charge in [0.25, 0.3) is 5.91 Å². The predicted molar refractivity (Wildman–Crippen MR) is 112 cm³/mol. The predicted octanol–water partition coefficient (Wildman–Crippen LogP) is 1.78. The molecule has 0 spiro atoms. The third-order valence-corrected chi connectivity index (χ3v) is 5.73. The van der Waals surface area contributed by atoms with Crippen molar-refractivity contribution in [2.45, 2.75) is 25.7 Å². The number of hydrogen-bond acceptors (Lipinski definition) is 4. The highest BCUT2D eigenvalue weighted by atomic mass is 16.3. The van der Waals surface area contributed by atoms with Crippen molar-refractivity contribution in [3.63, 3.8) is 0 Å². The number of rotatable bonds is 6. The molecule has 1 aliphatic carbocycles. The smallest absolute Gasteiger partial charge is 0.251 e. The van der Waals surface area contributed by atoms with E-state index < -0.39 is 5.92 Å². The molecular formula is C23H25N3O4. The lowest BCUT2D eigenvalue weighted by Crippen LogP contribution is -2.38. The molecule has 3 N–H and O–H groups in total. The number of benzene rings is 2. The average Bonchev–Trinajstić information content (AvgIpc) is 3.37. The average molecular weight is 407 g/mol. The Morgan fingerprint density at radius 2 is 1.73 bits per heavy atom. The van der Waals surface area contributed by atoms with E-state index in [0.717, 1.165) is 24.9 Å². The number of aromatic hydroxyl groups is 1. The van der Waals surface area contributed by atoms with Gasteiger partial charge in [0, 0.05) is 37.3 Å². The Kier molecular flexibility index (Phi) is 5.70. The molecule has 156 valence electrons. The topological polar surface area (TPSA) is 98.7 Å². The Morgan fingerprint density at radius 3 is 2.53 bits per heavy atom. The first kappa shape index (κ1) is 19.9. The van der Waals surface area contributed by atoms with Gasteiger partial charge in [-0.25, -0.2) is 0 Å². The molecule has 0 saturated carbocycles. The van der Waals surface area contributed by atoms with Crippen LogP contribution >= 0.6 is 0 Å². The summed E-state index contributed by atoms with van der Waals surface area (Å²) in [4.78, 5) is 38.7. The standard InChI is InChI=1S/C23H25N3O4/c27-20-8-5-16(6-9-20)22(29)24-10-11-25-23(30)18-13-21(28)26(14-18)19-7-4-15-2-1-3-17(15)12-19/h4-9,12,18,27H,1-3,10-11,13-14H2,(H,24,29)(H,25,30). The molecule has 1 heterocycles. The lowest BCUT2D eigenvalue weighted by molar-refractivity contribution is -0.126. The lowest BCUT2D eigenvalue weighted by atomic mass is 10.1. The van der Waals surface area contributed by atoms with E-state index in [9.17, 15) is 19.5 Å². The van der Waals surface area contributed by atoms with Crippen molar-refractivity contribution in [1.82, 2.24) is 10.6 Å². The molecule has 3 amide bonds. The van der Waals surface area contributed by atoms with Crippen LogP contribution in [0.3, 0.4) is 0 Å². The van der Waals surface area contributed by atoms with Gasteiger partial charge in [0.15, 0.2) is 0 Å². The molecule has 30 heavy (non-hydrogen) atoms. The van der Waals surface area contributed by atoms with Crippen LogP contribution in [0.25, 0.3) is 0 Å². The summed E-state index contributed by atoms with van der Waals surface area (Å²) in [6.45, 7) is 0.941. The van der Waals surface area contributed by atoms with Crippen molar-refractivity contribution in [2.24, 2.45) is 5.92 Å². The van der Waals surface area contributed by atoms with Gasteiger partial charge in [0.05, 0.1) is 5.92 Å². The molecule has 0 aromatic heterocycles. The zero-order valence-electron chi connectivity index (χ0n) is 16.7. The second kappa shape index (κ2) is 8.57. The Morgan fingerprint density at radius 1 is 1.00 bits per heavy atom. The molecule has 1 aliphatic heterocycles. The van der Waals surface area contributed by atoms with E-state index in [0.29, 0.717) is 12.1 Å². The summed E-state index contributed by atoms with van der Waals surface area (Å²) in [5, 5.41) is 14.8. The number of fused-ring (bicyclic) bond motifs is 1. The van der Waals surface area contributed by atoms with E-state index >= 15 is 0 Å². The highest BCUT2D eigenvalue weighted by molar-refractivity contribution is 6.00. The third kappa shape index (κ3) is 4.30. The van der Waals surface area contributed by atoms with Gasteiger partial charge in [-0.15, -0.1) is 0 Å². The van der Waals surface area contributed by atoms with E-state index in [-0.39, 0.29) is 43.0 Å². The maximum Gasteiger partial charge on any atom is 0.251 e. The van der Waals surface area contributed by atoms with Crippen molar-refractivity contribution in [1.29, 1.82) is 0 Å². The zero-order valence-corrected chi connectivity index (χ0v) is 16.7. The quantitative estimate of drug-likeness (QED) is 0.636. The Bertz CT molecular complexity index is 971. The van der Waals surface area contributed by atoms with Crippen molar-refractivity contribution in [2.75, 3.05) is 24.5 Å². The van der Waals surface area contributed by atoms with Gasteiger partial charge in [-0.1, -0.05) is 6.07 Å². The van der Waals surface area contributed by atoms with Crippen LogP contribution in [0, 0.1) is 5.92 Å². The number of hydrogen-bond donors (Lipinski definition) is 3. The van der Waals surface area contributed by atoms with Crippen molar-refractivity contribution >= 4 is 23.4 Å². The summed E-state index contributed by atoms with van der Waals surface area (Å²) in [5.74, 6) is -0.778. The van der Waals surface area contributed by atoms with Crippen molar-refractivity contribution in [3.8, 4) is 5.75 Å². The number of nitrogens with one attached hydrogen (secondary N) is 2. The number of phenolic OH excluding ortho intramolecular Hbond substituents is 1. The monoisotopic (exact) mass is 407 g/mol. The van der Waals surface area contributed by atoms with Gasteiger partial charge in [-0.05, 0) is 66.8 Å². The van der Waals surface area contributed by atoms with Gasteiger partial charge < -0.3 is 20.6 Å². The summed E-state index contributed by atoms with van der Waals surface area (Å²) >= 11 is 0. The molecule has 2 aliphatic rings. The number of anilines is 1. The molecular weight excluding hydrogens is 382 g/mol. The summed E-state index contributed by atoms with van der Waals surface area (Å²) in [7, 11) is 0. The first-order chi connectivity index (χ1) is 14.5. The maximum atomic E-state index is 12.5. The van der Waals surface area contributed by atoms with E-state index in [1.165, 1.54) is 35.4 Å². The molecule has 0 bridgehead atoms. The number of amides is 3. The fourth-order valence-corrected chi connectivity index (χ4v) is 4.08. The zero-order chi connectivity index (χ0) is 21.1. The molecule has 1 unspecified atom stereocenters. The lowest BCUT2D eigenvalue weighted by Gasteiger charge is -2.18. The molecule has 1 saturated heterocycles. The van der Waals surface area contributed by atoms with Crippen LogP contribution < -0.4 is 15.5 Å². The highest BCUT2D eigenvalue weighted by Gasteiger charge is 2.35. The SMILES string of the molecule is O=C(NCCNC(=O)C1CC(=O)N(c2ccc3c(c2)CCC3)C1)c1ccc(O)cc1. The summed E-state index contributed by atoms with van der Waals surface area (Å²) < 4.78 is 0. The van der Waals surface area contributed by atoms with E-state index in [1.807, 2.05) is 6.07 Å². The van der Waals surface area contributed by atoms with Gasteiger partial charge in [0.1, 0.15) is 5.75 Å². The minimum atomic E-state index is -0.390. The van der Waals surface area contributed by atoms with Crippen molar-refractivity contribution < 1.29 is 19.5 Å². The molecule has 7 nitrogen and oxygen atoms in total. The molecule has 7 heteroatoms. The van der Waals surface area contributed by atoms with Crippen LogP contribution in [0.4, 0.5) is 5.69 Å². The molecule has 1 atom stereocenters. The van der Waals surface area contributed by atoms with E-state index in [1.54, 1.807) is 4.90 Å². The minimum Gasteiger partial charge on any atom is -0.508 e. The summed E-state index contributed by atoms with van der Waals surface area (Å²) in [5.41, 5.74) is 3.97. The molecule has 0 radical (unpaired) electrons. The fraction of sp³-hybridized carbons (Fsp3) is 0.348. The Balaban J connectivity index is 1.25. The van der Waals surface area contributed by atoms with Crippen LogP contribution in [0.2, 0.25) is 0 Å². The summed E-state index contributed by atoms with van der Waals surface area (Å²) in [6, 6.07) is 12.1. The second-order valence-corrected chi connectivity index (χ2v) is 7.81. The van der Waals surface area contributed by atoms with E-state index in [2.05, 4.69) is 22.8 Å². The maximum absolute atomic E-state index is 12.5. The largest absolute Gasteiger partial charge is 0.508 e. The number of carbonyl (C=O) groups is 3. The van der Waals surface area contributed by atoms with Gasteiger partial charge in [0.2, 0.25) is 11.8 Å². The third-order valence-electron chi connectivity index (χ3n) is 5.73. The molecule has 2 aromatic carbocycles. The first-order valence-electron chi connectivity index (χ1n) is 10.3. The van der Waals surface area contributed by atoms with E-state index in [4.69, 9.17) is 0 Å². The second-order valence-electron chi connectivity index (χ2n) is 7.81. The van der Waals surface area contributed by atoms with Crippen LogP contribution in [-0.4, -0.2) is 42.5 Å². The van der Waals surface area contributed by atoms with Gasteiger partial charge >= 0.3 is 0 Å². The molecule has 2 aromatic rings. The number of nitrogens with zero attached hydrogens (tertiary/aromatic N) is 1. The first-order valence-corrected chi connectivity index (χ1v) is 10.3. The van der Waals surface area contributed by atoms with Crippen molar-refractivity contribution in [3.05, 3.63) is 59.2 Å². The summed E-state index contributed by atoms with van der Waals surface area (Å²) in [6.07, 6.45) is 3.49. The van der Waals surface area contributed by atoms with Crippen LogP contribution in [0.1, 0.15) is 34.3 Å². The molecule has 1 fully saturated rings. The van der Waals surface area contributed by atoms with Gasteiger partial charge in [-0.3, -0.25) is 14.4 Å². The Labute approximate surface area is 175 Å². The Hall–Kier alpha value is -3.35. The fourth-order valence-electron chi connectivity index (χ4n) is 4.08. The minimum absolute atomic E-state index is 0.0336. The van der Waals surface area contributed by atoms with Crippen LogP contribution in [0.5, 0.6) is 5.75 Å². The normalized spacial score (nSPS) is 17.7.